The molecule has 250 valence electrons. The van der Waals surface area contributed by atoms with Crippen LogP contribution < -0.4 is 14.4 Å². The van der Waals surface area contributed by atoms with Crippen LogP contribution in [0, 0.1) is 0 Å². The van der Waals surface area contributed by atoms with Crippen LogP contribution in [-0.2, 0) is 0 Å². The van der Waals surface area contributed by atoms with E-state index in [2.05, 4.69) is 41.0 Å². The van der Waals surface area contributed by atoms with E-state index in [9.17, 15) is 5.11 Å². The topological polar surface area (TPSA) is 85.5 Å². The van der Waals surface area contributed by atoms with E-state index in [0.717, 1.165) is 55.4 Å². The molecule has 8 heteroatoms. The maximum absolute atomic E-state index is 11.0. The first-order chi connectivity index (χ1) is 26.2. The van der Waals surface area contributed by atoms with Gasteiger partial charge in [-0.3, -0.25) is 9.47 Å². The molecule has 0 bridgehead atoms. The first-order valence-corrected chi connectivity index (χ1v) is 17.3. The van der Waals surface area contributed by atoms with E-state index in [-0.39, 0.29) is 5.75 Å². The van der Waals surface area contributed by atoms with Gasteiger partial charge in [0.2, 0.25) is 5.95 Å². The van der Waals surface area contributed by atoms with Crippen LogP contribution in [0.1, 0.15) is 0 Å². The smallest absolute Gasteiger partial charge is 0.238 e. The van der Waals surface area contributed by atoms with Crippen molar-refractivity contribution in [1.82, 2.24) is 19.5 Å². The zero-order valence-corrected chi connectivity index (χ0v) is 28.0. The van der Waals surface area contributed by atoms with Crippen LogP contribution in [0.3, 0.4) is 0 Å². The van der Waals surface area contributed by atoms with Crippen molar-refractivity contribution < 1.29 is 14.6 Å². The third-order valence-electron chi connectivity index (χ3n) is 9.90. The van der Waals surface area contributed by atoms with Crippen LogP contribution in [0.4, 0.5) is 17.1 Å². The number of phenolic OH excluding ortho intramolecular Hbond substituents is 1. The first kappa shape index (κ1) is 29.3. The molecule has 2 aromatic heterocycles. The lowest BCUT2D eigenvalue weighted by Gasteiger charge is -2.38. The number of aromatic hydroxyl groups is 1. The van der Waals surface area contributed by atoms with Gasteiger partial charge in [-0.2, -0.15) is 9.97 Å². The lowest BCUT2D eigenvalue weighted by atomic mass is 9.99. The Morgan fingerprint density at radius 3 is 1.81 bits per heavy atom. The molecule has 0 saturated carbocycles. The van der Waals surface area contributed by atoms with Crippen molar-refractivity contribution in [3.05, 3.63) is 158 Å². The molecule has 4 heterocycles. The number of nitrogens with zero attached hydrogens (tertiary/aromatic N) is 5. The summed E-state index contributed by atoms with van der Waals surface area (Å²) in [5.41, 5.74) is 7.87. The third kappa shape index (κ3) is 4.52. The molecule has 0 atom stereocenters. The Labute approximate surface area is 303 Å². The number of anilines is 3. The van der Waals surface area contributed by atoms with E-state index in [1.807, 2.05) is 114 Å². The molecule has 2 aliphatic heterocycles. The molecule has 2 aliphatic rings. The summed E-state index contributed by atoms with van der Waals surface area (Å²) >= 11 is 0. The Morgan fingerprint density at radius 1 is 0.434 bits per heavy atom. The van der Waals surface area contributed by atoms with E-state index in [4.69, 9.17) is 24.4 Å². The number of ether oxygens (including phenoxy) is 2. The van der Waals surface area contributed by atoms with Crippen molar-refractivity contribution in [3.8, 4) is 68.6 Å². The molecule has 0 saturated heterocycles. The van der Waals surface area contributed by atoms with Crippen molar-refractivity contribution in [2.24, 2.45) is 0 Å². The molecule has 11 rings (SSSR count). The molecule has 8 nitrogen and oxygen atoms in total. The van der Waals surface area contributed by atoms with Gasteiger partial charge in [0.1, 0.15) is 17.1 Å². The van der Waals surface area contributed by atoms with Gasteiger partial charge in [-0.05, 0) is 65.7 Å². The minimum Gasteiger partial charge on any atom is -0.506 e. The van der Waals surface area contributed by atoms with Gasteiger partial charge in [0, 0.05) is 21.9 Å². The van der Waals surface area contributed by atoms with E-state index in [1.165, 1.54) is 0 Å². The largest absolute Gasteiger partial charge is 0.506 e. The lowest BCUT2D eigenvalue weighted by Crippen LogP contribution is -2.20. The Bertz CT molecular complexity index is 2850. The summed E-state index contributed by atoms with van der Waals surface area (Å²) in [7, 11) is 0. The quantitative estimate of drug-likeness (QED) is 0.197. The Hall–Kier alpha value is -7.45. The Kier molecular flexibility index (Phi) is 6.23. The predicted molar refractivity (Wildman–Crippen MR) is 207 cm³/mol. The number of rotatable bonds is 4. The van der Waals surface area contributed by atoms with Gasteiger partial charge in [-0.15, -0.1) is 0 Å². The summed E-state index contributed by atoms with van der Waals surface area (Å²) in [5.74, 6) is 4.41. The van der Waals surface area contributed by atoms with E-state index >= 15 is 0 Å². The highest BCUT2D eigenvalue weighted by molar-refractivity contribution is 6.10. The van der Waals surface area contributed by atoms with E-state index < -0.39 is 0 Å². The Balaban J connectivity index is 1.10. The summed E-state index contributed by atoms with van der Waals surface area (Å²) in [6.45, 7) is 0. The molecular formula is C45H27N5O3. The standard InChI is InChI=1S/C45H27N5O3/c51-36-19-11-21-38-41(36)50-35-18-9-10-20-37(35)52-39-25-30(26-40(53-38)42(39)50)29-22-23-34-32(24-29)31-16-7-8-17-33(31)49(34)45-47-43(27-12-3-1-4-13-27)46-44(48-45)28-14-5-2-6-15-28/h1-26,51H. The monoisotopic (exact) mass is 685 g/mol. The van der Waals surface area contributed by atoms with Crippen LogP contribution in [0.5, 0.6) is 28.7 Å². The number of hydrogen-bond acceptors (Lipinski definition) is 7. The van der Waals surface area contributed by atoms with Crippen molar-refractivity contribution in [3.63, 3.8) is 0 Å². The van der Waals surface area contributed by atoms with Gasteiger partial charge >= 0.3 is 0 Å². The second-order valence-electron chi connectivity index (χ2n) is 13.1. The summed E-state index contributed by atoms with van der Waals surface area (Å²) in [6, 6.07) is 52.1. The molecule has 0 amide bonds. The third-order valence-corrected chi connectivity index (χ3v) is 9.90. The predicted octanol–water partition coefficient (Wildman–Crippen LogP) is 11.4. The minimum atomic E-state index is 0.131. The van der Waals surface area contributed by atoms with E-state index in [1.54, 1.807) is 12.1 Å². The number of aromatic nitrogens is 4. The second-order valence-corrected chi connectivity index (χ2v) is 13.1. The van der Waals surface area contributed by atoms with Crippen LogP contribution in [0.25, 0.3) is 61.7 Å². The summed E-state index contributed by atoms with van der Waals surface area (Å²) in [6.07, 6.45) is 0. The molecule has 53 heavy (non-hydrogen) atoms. The zero-order chi connectivity index (χ0) is 35.0. The SMILES string of the molecule is Oc1cccc2c1N1c3ccccc3Oc3cc(-c4ccc5c(c4)c4ccccc4n5-c4nc(-c5ccccc5)nc(-c5ccccc5)n4)cc(c31)O2. The molecule has 1 N–H and O–H groups in total. The van der Waals surface area contributed by atoms with Crippen molar-refractivity contribution in [2.75, 3.05) is 4.90 Å². The second kappa shape index (κ2) is 11.3. The van der Waals surface area contributed by atoms with Gasteiger partial charge < -0.3 is 14.6 Å². The fraction of sp³-hybridized carbons (Fsp3) is 0. The van der Waals surface area contributed by atoms with Gasteiger partial charge in [-0.25, -0.2) is 4.98 Å². The highest BCUT2D eigenvalue weighted by Crippen LogP contribution is 2.62. The lowest BCUT2D eigenvalue weighted by molar-refractivity contribution is 0.434. The molecule has 7 aromatic carbocycles. The summed E-state index contributed by atoms with van der Waals surface area (Å²) in [4.78, 5) is 17.1. The molecule has 0 fully saturated rings. The average Bonchev–Trinajstić information content (AvgIpc) is 3.55. The first-order valence-electron chi connectivity index (χ1n) is 17.3. The number of fused-ring (bicyclic) bond motifs is 7. The van der Waals surface area contributed by atoms with Gasteiger partial charge in [0.15, 0.2) is 34.6 Å². The Morgan fingerprint density at radius 2 is 1.06 bits per heavy atom. The van der Waals surface area contributed by atoms with Crippen LogP contribution in [-0.4, -0.2) is 24.6 Å². The number of hydrogen-bond donors (Lipinski definition) is 1. The maximum atomic E-state index is 11.0. The van der Waals surface area contributed by atoms with Gasteiger partial charge in [0.05, 0.1) is 16.7 Å². The number of phenols is 1. The van der Waals surface area contributed by atoms with Crippen molar-refractivity contribution in [1.29, 1.82) is 0 Å². The summed E-state index contributed by atoms with van der Waals surface area (Å²) < 4.78 is 15.1. The molecule has 0 radical (unpaired) electrons. The molecule has 0 spiro atoms. The summed E-state index contributed by atoms with van der Waals surface area (Å²) in [5, 5.41) is 13.1. The van der Waals surface area contributed by atoms with Crippen molar-refractivity contribution in [2.45, 2.75) is 0 Å². The molecule has 0 unspecified atom stereocenters. The number of para-hydroxylation sites is 4. The van der Waals surface area contributed by atoms with Gasteiger partial charge in [0.25, 0.3) is 0 Å². The highest BCUT2D eigenvalue weighted by Gasteiger charge is 2.36. The fourth-order valence-corrected chi connectivity index (χ4v) is 7.53. The normalized spacial score (nSPS) is 12.5. The van der Waals surface area contributed by atoms with Gasteiger partial charge in [-0.1, -0.05) is 103 Å². The highest BCUT2D eigenvalue weighted by atomic mass is 16.5. The van der Waals surface area contributed by atoms with E-state index in [0.29, 0.717) is 46.3 Å². The average molecular weight is 686 g/mol. The fourth-order valence-electron chi connectivity index (χ4n) is 7.53. The van der Waals surface area contributed by atoms with Crippen LogP contribution in [0.15, 0.2) is 158 Å². The molecular weight excluding hydrogens is 659 g/mol. The zero-order valence-electron chi connectivity index (χ0n) is 28.0. The van der Waals surface area contributed by atoms with Crippen molar-refractivity contribution >= 4 is 38.9 Å². The van der Waals surface area contributed by atoms with Crippen LogP contribution in [0.2, 0.25) is 0 Å². The minimum absolute atomic E-state index is 0.131. The molecule has 0 aliphatic carbocycles. The maximum Gasteiger partial charge on any atom is 0.238 e. The molecule has 9 aromatic rings. The van der Waals surface area contributed by atoms with Crippen LogP contribution >= 0.6 is 0 Å². The number of benzene rings is 7.